The second-order valence-corrected chi connectivity index (χ2v) is 3.36. The molecule has 1 fully saturated rings. The van der Waals surface area contributed by atoms with Crippen molar-refractivity contribution in [1.82, 2.24) is 15.1 Å². The molecular weight excluding hydrogens is 170 g/mol. The van der Waals surface area contributed by atoms with E-state index in [4.69, 9.17) is 0 Å². The fourth-order valence-electron chi connectivity index (χ4n) is 1.39. The number of carbonyl (C=O) groups excluding carboxylic acids is 1. The first-order valence-corrected chi connectivity index (χ1v) is 4.54. The SMILES string of the molecule is CN1CCN(CCNC([O])=O)CC1. The summed E-state index contributed by atoms with van der Waals surface area (Å²) in [7, 11) is 2.09. The van der Waals surface area contributed by atoms with Crippen LogP contribution in [0.25, 0.3) is 0 Å². The lowest BCUT2D eigenvalue weighted by molar-refractivity contribution is 0.147. The topological polar surface area (TPSA) is 55.5 Å². The third-order valence-electron chi connectivity index (χ3n) is 2.29. The Labute approximate surface area is 78.3 Å². The van der Waals surface area contributed by atoms with Gasteiger partial charge in [0.05, 0.1) is 0 Å². The Balaban J connectivity index is 2.05. The molecule has 1 amide bonds. The summed E-state index contributed by atoms with van der Waals surface area (Å²) in [6.45, 7) is 5.40. The molecule has 1 aliphatic heterocycles. The summed E-state index contributed by atoms with van der Waals surface area (Å²) in [6, 6.07) is 0. The summed E-state index contributed by atoms with van der Waals surface area (Å²) >= 11 is 0. The van der Waals surface area contributed by atoms with Crippen molar-refractivity contribution >= 4 is 6.09 Å². The predicted molar refractivity (Wildman–Crippen MR) is 48.0 cm³/mol. The molecular formula is C8H16N3O2. The van der Waals surface area contributed by atoms with Crippen molar-refractivity contribution in [2.75, 3.05) is 46.3 Å². The van der Waals surface area contributed by atoms with Gasteiger partial charge in [0, 0.05) is 39.3 Å². The number of amides is 1. The number of rotatable bonds is 3. The Morgan fingerprint density at radius 1 is 1.31 bits per heavy atom. The van der Waals surface area contributed by atoms with Crippen LogP contribution in [0.3, 0.4) is 0 Å². The van der Waals surface area contributed by atoms with Crippen LogP contribution in [0.2, 0.25) is 0 Å². The van der Waals surface area contributed by atoms with Gasteiger partial charge < -0.3 is 10.2 Å². The third-order valence-corrected chi connectivity index (χ3v) is 2.29. The first-order valence-electron chi connectivity index (χ1n) is 4.54. The summed E-state index contributed by atoms with van der Waals surface area (Å²) in [6.07, 6.45) is -1.19. The zero-order valence-electron chi connectivity index (χ0n) is 7.95. The Hall–Kier alpha value is -0.810. The first-order chi connectivity index (χ1) is 6.18. The van der Waals surface area contributed by atoms with Crippen molar-refractivity contribution in [1.29, 1.82) is 0 Å². The van der Waals surface area contributed by atoms with Gasteiger partial charge in [0.15, 0.2) is 0 Å². The molecule has 0 atom stereocenters. The van der Waals surface area contributed by atoms with Crippen LogP contribution in [-0.2, 0) is 5.11 Å². The van der Waals surface area contributed by atoms with Gasteiger partial charge >= 0.3 is 6.09 Å². The highest BCUT2D eigenvalue weighted by molar-refractivity contribution is 5.63. The smallest absolute Gasteiger partial charge is 0.317 e. The minimum absolute atomic E-state index is 0.464. The van der Waals surface area contributed by atoms with Crippen LogP contribution in [-0.4, -0.2) is 62.2 Å². The van der Waals surface area contributed by atoms with E-state index in [1.807, 2.05) is 0 Å². The Morgan fingerprint density at radius 2 is 1.92 bits per heavy atom. The summed E-state index contributed by atoms with van der Waals surface area (Å²) in [5.74, 6) is 0. The quantitative estimate of drug-likeness (QED) is 0.638. The Bertz CT molecular complexity index is 167. The third kappa shape index (κ3) is 4.10. The lowest BCUT2D eigenvalue weighted by Gasteiger charge is -2.32. The molecule has 1 saturated heterocycles. The van der Waals surface area contributed by atoms with E-state index in [-0.39, 0.29) is 0 Å². The molecule has 0 aromatic carbocycles. The maximum absolute atomic E-state index is 10.0. The largest absolute Gasteiger partial charge is 0.450 e. The molecule has 1 aliphatic rings. The van der Waals surface area contributed by atoms with Crippen LogP contribution in [0.15, 0.2) is 0 Å². The van der Waals surface area contributed by atoms with Crippen LogP contribution in [0.1, 0.15) is 0 Å². The second-order valence-electron chi connectivity index (χ2n) is 3.36. The van der Waals surface area contributed by atoms with Crippen molar-refractivity contribution in [2.24, 2.45) is 0 Å². The Kier molecular flexibility index (Phi) is 3.98. The van der Waals surface area contributed by atoms with Gasteiger partial charge in [-0.25, -0.2) is 9.90 Å². The molecule has 0 unspecified atom stereocenters. The van der Waals surface area contributed by atoms with Crippen molar-refractivity contribution in [2.45, 2.75) is 0 Å². The first kappa shape index (κ1) is 10.3. The highest BCUT2D eigenvalue weighted by Crippen LogP contribution is 1.97. The molecule has 1 heterocycles. The number of hydrogen-bond acceptors (Lipinski definition) is 3. The maximum atomic E-state index is 10.0. The van der Waals surface area contributed by atoms with E-state index in [0.717, 1.165) is 32.7 Å². The number of nitrogens with one attached hydrogen (secondary N) is 1. The van der Waals surface area contributed by atoms with Gasteiger partial charge in [-0.2, -0.15) is 0 Å². The second kappa shape index (κ2) is 5.04. The van der Waals surface area contributed by atoms with Gasteiger partial charge in [-0.15, -0.1) is 0 Å². The number of hydrogen-bond donors (Lipinski definition) is 1. The molecule has 1 radical (unpaired) electrons. The molecule has 75 valence electrons. The molecule has 0 spiro atoms. The molecule has 5 nitrogen and oxygen atoms in total. The molecule has 0 aromatic rings. The molecule has 13 heavy (non-hydrogen) atoms. The fraction of sp³-hybridized carbons (Fsp3) is 0.875. The van der Waals surface area contributed by atoms with E-state index < -0.39 is 6.09 Å². The fourth-order valence-corrected chi connectivity index (χ4v) is 1.39. The van der Waals surface area contributed by atoms with E-state index in [0.29, 0.717) is 6.54 Å². The van der Waals surface area contributed by atoms with Gasteiger partial charge in [-0.1, -0.05) is 0 Å². The van der Waals surface area contributed by atoms with Gasteiger partial charge in [0.2, 0.25) is 0 Å². The van der Waals surface area contributed by atoms with E-state index in [1.54, 1.807) is 0 Å². The zero-order chi connectivity index (χ0) is 9.68. The summed E-state index contributed by atoms with van der Waals surface area (Å²) in [4.78, 5) is 14.6. The lowest BCUT2D eigenvalue weighted by Crippen LogP contribution is -2.46. The maximum Gasteiger partial charge on any atom is 0.450 e. The van der Waals surface area contributed by atoms with Crippen molar-refractivity contribution < 1.29 is 9.90 Å². The lowest BCUT2D eigenvalue weighted by atomic mass is 10.3. The number of piperazine rings is 1. The van der Waals surface area contributed by atoms with Crippen LogP contribution < -0.4 is 5.32 Å². The predicted octanol–water partition coefficient (Wildman–Crippen LogP) is -0.626. The average molecular weight is 186 g/mol. The van der Waals surface area contributed by atoms with Crippen molar-refractivity contribution in [3.8, 4) is 0 Å². The molecule has 1 N–H and O–H groups in total. The van der Waals surface area contributed by atoms with Crippen LogP contribution in [0.4, 0.5) is 4.79 Å². The number of carbonyl (C=O) groups is 1. The molecule has 5 heteroatoms. The normalized spacial score (nSPS) is 20.1. The number of likely N-dealkylation sites (N-methyl/N-ethyl adjacent to an activating group) is 1. The molecule has 0 saturated carbocycles. The van der Waals surface area contributed by atoms with Crippen molar-refractivity contribution in [3.63, 3.8) is 0 Å². The minimum Gasteiger partial charge on any atom is -0.317 e. The Morgan fingerprint density at radius 3 is 2.46 bits per heavy atom. The molecule has 0 aliphatic carbocycles. The molecule has 1 rings (SSSR count). The monoisotopic (exact) mass is 186 g/mol. The van der Waals surface area contributed by atoms with E-state index in [2.05, 4.69) is 22.2 Å². The number of nitrogens with zero attached hydrogens (tertiary/aromatic N) is 2. The zero-order valence-corrected chi connectivity index (χ0v) is 7.95. The van der Waals surface area contributed by atoms with Crippen molar-refractivity contribution in [3.05, 3.63) is 0 Å². The van der Waals surface area contributed by atoms with Crippen LogP contribution in [0, 0.1) is 0 Å². The van der Waals surface area contributed by atoms with Gasteiger partial charge in [0.1, 0.15) is 0 Å². The van der Waals surface area contributed by atoms with Gasteiger partial charge in [-0.05, 0) is 7.05 Å². The standard InChI is InChI=1S/C8H16N3O2/c1-10-4-6-11(7-5-10)3-2-9-8(12)13/h9H,2-7H2,1H3. The molecule has 0 aromatic heterocycles. The van der Waals surface area contributed by atoms with E-state index in [1.165, 1.54) is 0 Å². The highest BCUT2D eigenvalue weighted by atomic mass is 16.4. The van der Waals surface area contributed by atoms with Crippen LogP contribution in [0.5, 0.6) is 0 Å². The van der Waals surface area contributed by atoms with Gasteiger partial charge in [0.25, 0.3) is 0 Å². The van der Waals surface area contributed by atoms with E-state index >= 15 is 0 Å². The molecule has 0 bridgehead atoms. The van der Waals surface area contributed by atoms with Gasteiger partial charge in [-0.3, -0.25) is 4.90 Å². The summed E-state index contributed by atoms with van der Waals surface area (Å²) < 4.78 is 0. The average Bonchev–Trinajstić information content (AvgIpc) is 2.08. The van der Waals surface area contributed by atoms with Crippen LogP contribution >= 0.6 is 0 Å². The van der Waals surface area contributed by atoms with E-state index in [9.17, 15) is 9.90 Å². The minimum atomic E-state index is -1.19. The summed E-state index contributed by atoms with van der Waals surface area (Å²) in [5.41, 5.74) is 0. The highest BCUT2D eigenvalue weighted by Gasteiger charge is 2.12. The summed E-state index contributed by atoms with van der Waals surface area (Å²) in [5, 5.41) is 12.3.